The van der Waals surface area contributed by atoms with Gasteiger partial charge in [0, 0.05) is 45.8 Å². The van der Waals surface area contributed by atoms with E-state index in [-0.39, 0.29) is 29.4 Å². The molecule has 0 spiro atoms. The molecule has 0 saturated carbocycles. The fourth-order valence-electron chi connectivity index (χ4n) is 3.96. The molecule has 3 rings (SSSR count). The molecule has 0 aliphatic carbocycles. The molecule has 1 aliphatic heterocycles. The van der Waals surface area contributed by atoms with Crippen molar-refractivity contribution in [3.63, 3.8) is 0 Å². The average molecular weight is 523 g/mol. The molecular weight excluding hydrogens is 489 g/mol. The molecule has 1 fully saturated rings. The molecule has 2 aromatic rings. The summed E-state index contributed by atoms with van der Waals surface area (Å²) in [6.07, 6.45) is 2.03. The Morgan fingerprint density at radius 3 is 2.37 bits per heavy atom. The minimum Gasteiger partial charge on any atom is -0.494 e. The maximum absolute atomic E-state index is 5.65. The van der Waals surface area contributed by atoms with Gasteiger partial charge in [-0.3, -0.25) is 4.99 Å². The number of nitrogens with zero attached hydrogens (tertiary/aromatic N) is 2. The van der Waals surface area contributed by atoms with E-state index in [0.29, 0.717) is 6.61 Å². The van der Waals surface area contributed by atoms with Crippen LogP contribution in [0.25, 0.3) is 0 Å². The van der Waals surface area contributed by atoms with Crippen LogP contribution >= 0.6 is 24.0 Å². The number of guanidine groups is 1. The molecule has 0 bridgehead atoms. The average Bonchev–Trinajstić information content (AvgIpc) is 2.77. The Bertz CT molecular complexity index is 775. The number of hydrogen-bond acceptors (Lipinski definition) is 3. The fourth-order valence-corrected chi connectivity index (χ4v) is 3.96. The van der Waals surface area contributed by atoms with E-state index in [2.05, 4.69) is 64.7 Å². The minimum absolute atomic E-state index is 0. The lowest BCUT2D eigenvalue weighted by molar-refractivity contribution is 0.0512. The molecule has 0 unspecified atom stereocenters. The largest absolute Gasteiger partial charge is 0.494 e. The highest BCUT2D eigenvalue weighted by molar-refractivity contribution is 14.0. The van der Waals surface area contributed by atoms with Crippen LogP contribution in [0.2, 0.25) is 0 Å². The summed E-state index contributed by atoms with van der Waals surface area (Å²) in [5.74, 6) is 1.81. The zero-order valence-electron chi connectivity index (χ0n) is 18.3. The molecule has 0 radical (unpaired) electrons. The normalized spacial score (nSPS) is 15.8. The Labute approximate surface area is 197 Å². The van der Waals surface area contributed by atoms with Crippen LogP contribution in [0.3, 0.4) is 0 Å². The lowest BCUT2D eigenvalue weighted by Crippen LogP contribution is -2.48. The number of rotatable bonds is 7. The first kappa shape index (κ1) is 24.5. The summed E-state index contributed by atoms with van der Waals surface area (Å²) < 4.78 is 11.2. The molecule has 0 amide bonds. The Kier molecular flexibility index (Phi) is 9.91. The molecule has 1 aliphatic rings. The summed E-state index contributed by atoms with van der Waals surface area (Å²) in [5, 5.41) is 3.63. The molecule has 1 N–H and O–H groups in total. The Balaban J connectivity index is 0.00000320. The van der Waals surface area contributed by atoms with Crippen LogP contribution in [0.5, 0.6) is 5.75 Å². The van der Waals surface area contributed by atoms with Crippen LogP contribution in [0, 0.1) is 0 Å². The Morgan fingerprint density at radius 1 is 1.10 bits per heavy atom. The SMILES string of the molecule is CCOc1ccc(CN(C)C(=NC)NCC2(c3ccccc3)CCOCC2)cc1.I. The van der Waals surface area contributed by atoms with E-state index in [1.54, 1.807) is 0 Å². The molecule has 1 heterocycles. The topological polar surface area (TPSA) is 46.1 Å². The van der Waals surface area contributed by atoms with E-state index in [1.165, 1.54) is 11.1 Å². The maximum atomic E-state index is 5.65. The second-order valence-electron chi connectivity index (χ2n) is 7.59. The van der Waals surface area contributed by atoms with Gasteiger partial charge in [-0.1, -0.05) is 42.5 Å². The predicted molar refractivity (Wildman–Crippen MR) is 134 cm³/mol. The van der Waals surface area contributed by atoms with E-state index in [1.807, 2.05) is 26.1 Å². The van der Waals surface area contributed by atoms with Crippen LogP contribution in [0.4, 0.5) is 0 Å². The Morgan fingerprint density at radius 2 is 1.77 bits per heavy atom. The number of halogens is 1. The number of benzene rings is 2. The Hall–Kier alpha value is -1.80. The summed E-state index contributed by atoms with van der Waals surface area (Å²) in [6.45, 7) is 5.92. The first-order valence-corrected chi connectivity index (χ1v) is 10.4. The molecule has 1 saturated heterocycles. The standard InChI is InChI=1S/C24H33N3O2.HI/c1-4-29-22-12-10-20(11-13-22)18-27(3)23(25-2)26-19-24(14-16-28-17-15-24)21-8-6-5-7-9-21;/h5-13H,4,14-19H2,1-3H3,(H,25,26);1H. The van der Waals surface area contributed by atoms with Gasteiger partial charge in [0.1, 0.15) is 5.75 Å². The van der Waals surface area contributed by atoms with Crippen LogP contribution < -0.4 is 10.1 Å². The van der Waals surface area contributed by atoms with E-state index in [9.17, 15) is 0 Å². The van der Waals surface area contributed by atoms with E-state index >= 15 is 0 Å². The van der Waals surface area contributed by atoms with Crippen molar-refractivity contribution in [3.05, 3.63) is 65.7 Å². The molecule has 0 aromatic heterocycles. The zero-order valence-corrected chi connectivity index (χ0v) is 20.6. The molecule has 0 atom stereocenters. The first-order valence-electron chi connectivity index (χ1n) is 10.4. The highest BCUT2D eigenvalue weighted by Gasteiger charge is 2.34. The smallest absolute Gasteiger partial charge is 0.193 e. The predicted octanol–water partition coefficient (Wildman–Crippen LogP) is 4.46. The van der Waals surface area contributed by atoms with Gasteiger partial charge in [0.2, 0.25) is 0 Å². The van der Waals surface area contributed by atoms with Gasteiger partial charge in [0.25, 0.3) is 0 Å². The number of hydrogen-bond donors (Lipinski definition) is 1. The molecule has 5 nitrogen and oxygen atoms in total. The second kappa shape index (κ2) is 12.2. The molecule has 2 aromatic carbocycles. The van der Waals surface area contributed by atoms with Crippen molar-refractivity contribution in [1.82, 2.24) is 10.2 Å². The third-order valence-corrected chi connectivity index (χ3v) is 5.65. The number of ether oxygens (including phenoxy) is 2. The van der Waals surface area contributed by atoms with Crippen molar-refractivity contribution in [2.45, 2.75) is 31.7 Å². The zero-order chi connectivity index (χ0) is 20.5. The lowest BCUT2D eigenvalue weighted by Gasteiger charge is -2.39. The maximum Gasteiger partial charge on any atom is 0.193 e. The summed E-state index contributed by atoms with van der Waals surface area (Å²) in [6, 6.07) is 19.1. The third-order valence-electron chi connectivity index (χ3n) is 5.65. The van der Waals surface area contributed by atoms with Gasteiger partial charge < -0.3 is 19.7 Å². The van der Waals surface area contributed by atoms with Gasteiger partial charge >= 0.3 is 0 Å². The van der Waals surface area contributed by atoms with Crippen molar-refractivity contribution in [3.8, 4) is 5.75 Å². The fraction of sp³-hybridized carbons (Fsp3) is 0.458. The van der Waals surface area contributed by atoms with Gasteiger partial charge in [-0.05, 0) is 43.0 Å². The van der Waals surface area contributed by atoms with Gasteiger partial charge in [-0.15, -0.1) is 24.0 Å². The second-order valence-corrected chi connectivity index (χ2v) is 7.59. The van der Waals surface area contributed by atoms with Crippen molar-refractivity contribution in [1.29, 1.82) is 0 Å². The summed E-state index contributed by atoms with van der Waals surface area (Å²) in [7, 11) is 3.92. The molecule has 164 valence electrons. The highest BCUT2D eigenvalue weighted by atomic mass is 127. The molecule has 30 heavy (non-hydrogen) atoms. The van der Waals surface area contributed by atoms with Gasteiger partial charge in [0.05, 0.1) is 6.61 Å². The summed E-state index contributed by atoms with van der Waals surface area (Å²) in [5.41, 5.74) is 2.68. The quantitative estimate of drug-likeness (QED) is 0.331. The van der Waals surface area contributed by atoms with Crippen LogP contribution in [0.1, 0.15) is 30.9 Å². The van der Waals surface area contributed by atoms with Gasteiger partial charge in [-0.2, -0.15) is 0 Å². The van der Waals surface area contributed by atoms with Crippen molar-refractivity contribution in [2.24, 2.45) is 4.99 Å². The highest BCUT2D eigenvalue weighted by Crippen LogP contribution is 2.34. The van der Waals surface area contributed by atoms with Gasteiger partial charge in [-0.25, -0.2) is 0 Å². The van der Waals surface area contributed by atoms with Crippen LogP contribution in [-0.2, 0) is 16.7 Å². The van der Waals surface area contributed by atoms with Crippen LogP contribution in [0.15, 0.2) is 59.6 Å². The van der Waals surface area contributed by atoms with Gasteiger partial charge in [0.15, 0.2) is 5.96 Å². The lowest BCUT2D eigenvalue weighted by atomic mass is 9.74. The molecule has 6 heteroatoms. The van der Waals surface area contributed by atoms with Crippen molar-refractivity contribution < 1.29 is 9.47 Å². The van der Waals surface area contributed by atoms with E-state index < -0.39 is 0 Å². The van der Waals surface area contributed by atoms with Crippen molar-refractivity contribution in [2.75, 3.05) is 40.5 Å². The van der Waals surface area contributed by atoms with E-state index in [4.69, 9.17) is 9.47 Å². The summed E-state index contributed by atoms with van der Waals surface area (Å²) >= 11 is 0. The first-order chi connectivity index (χ1) is 14.2. The number of nitrogens with one attached hydrogen (secondary N) is 1. The number of aliphatic imine (C=N–C) groups is 1. The van der Waals surface area contributed by atoms with Crippen molar-refractivity contribution >= 4 is 29.9 Å². The van der Waals surface area contributed by atoms with Crippen LogP contribution in [-0.4, -0.2) is 51.3 Å². The summed E-state index contributed by atoms with van der Waals surface area (Å²) in [4.78, 5) is 6.68. The van der Waals surface area contributed by atoms with E-state index in [0.717, 1.165) is 50.9 Å². The monoisotopic (exact) mass is 523 g/mol. The molecular formula is C24H34IN3O2. The third kappa shape index (κ3) is 6.35. The minimum atomic E-state index is 0.